The van der Waals surface area contributed by atoms with Crippen LogP contribution in [0.1, 0.15) is 16.7 Å². The minimum Gasteiger partial charge on any atom is -0.472 e. The van der Waals surface area contributed by atoms with Gasteiger partial charge in [-0.15, -0.1) is 0 Å². The average molecular weight is 408 g/mol. The molecule has 0 aliphatic heterocycles. The van der Waals surface area contributed by atoms with Crippen LogP contribution in [0.15, 0.2) is 61.2 Å². The lowest BCUT2D eigenvalue weighted by Crippen LogP contribution is -2.20. The van der Waals surface area contributed by atoms with Gasteiger partial charge in [0.1, 0.15) is 19.3 Å². The van der Waals surface area contributed by atoms with Crippen LogP contribution in [0.25, 0.3) is 10.9 Å². The molecule has 0 atom stereocenters. The van der Waals surface area contributed by atoms with Crippen molar-refractivity contribution in [2.75, 3.05) is 6.54 Å². The average Bonchev–Trinajstić information content (AvgIpc) is 3.24. The minimum atomic E-state index is 0.371. The van der Waals surface area contributed by atoms with Crippen LogP contribution >= 0.6 is 11.6 Å². The second-order valence-electron chi connectivity index (χ2n) is 6.86. The van der Waals surface area contributed by atoms with E-state index in [1.165, 1.54) is 11.9 Å². The largest absolute Gasteiger partial charge is 0.472 e. The molecule has 2 heterocycles. The number of hydrogen-bond donors (Lipinski definition) is 1. The Kier molecular flexibility index (Phi) is 6.03. The van der Waals surface area contributed by atoms with Crippen molar-refractivity contribution >= 4 is 22.5 Å². The van der Waals surface area contributed by atoms with Gasteiger partial charge < -0.3 is 10.1 Å². The molecule has 29 heavy (non-hydrogen) atoms. The summed E-state index contributed by atoms with van der Waals surface area (Å²) in [7, 11) is 0. The van der Waals surface area contributed by atoms with E-state index in [0.29, 0.717) is 24.1 Å². The predicted molar refractivity (Wildman–Crippen MR) is 114 cm³/mol. The van der Waals surface area contributed by atoms with Crippen LogP contribution in [0.4, 0.5) is 0 Å². The number of fused-ring (bicyclic) bond motifs is 1. The van der Waals surface area contributed by atoms with Gasteiger partial charge in [0.2, 0.25) is 5.88 Å². The highest BCUT2D eigenvalue weighted by molar-refractivity contribution is 6.31. The molecule has 1 N–H and O–H groups in total. The summed E-state index contributed by atoms with van der Waals surface area (Å²) in [6, 6.07) is 16.0. The number of benzene rings is 2. The Balaban J connectivity index is 1.52. The van der Waals surface area contributed by atoms with Crippen LogP contribution in [0.5, 0.6) is 5.88 Å². The lowest BCUT2D eigenvalue weighted by molar-refractivity contribution is 0.291. The topological polar surface area (TPSA) is 64.9 Å². The van der Waals surface area contributed by atoms with Crippen LogP contribution in [0.3, 0.4) is 0 Å². The molecule has 0 radical (unpaired) electrons. The second kappa shape index (κ2) is 9.03. The SMILES string of the molecule is Cc1ccc2nc(OCc3ccccc3Cl)c(CNCCn3cncn3)cc2c1. The van der Waals surface area contributed by atoms with E-state index < -0.39 is 0 Å². The zero-order valence-electron chi connectivity index (χ0n) is 16.2. The number of aryl methyl sites for hydroxylation is 1. The van der Waals surface area contributed by atoms with E-state index >= 15 is 0 Å². The van der Waals surface area contributed by atoms with Crippen LogP contribution in [0.2, 0.25) is 5.02 Å². The number of aromatic nitrogens is 4. The van der Waals surface area contributed by atoms with E-state index in [9.17, 15) is 0 Å². The van der Waals surface area contributed by atoms with E-state index in [0.717, 1.165) is 35.1 Å². The maximum atomic E-state index is 6.27. The lowest BCUT2D eigenvalue weighted by Gasteiger charge is -2.14. The molecule has 0 saturated heterocycles. The minimum absolute atomic E-state index is 0.371. The molecule has 148 valence electrons. The first-order valence-electron chi connectivity index (χ1n) is 9.48. The normalized spacial score (nSPS) is 11.1. The molecule has 6 nitrogen and oxygen atoms in total. The van der Waals surface area contributed by atoms with Crippen molar-refractivity contribution < 1.29 is 4.74 Å². The highest BCUT2D eigenvalue weighted by Crippen LogP contribution is 2.25. The zero-order valence-corrected chi connectivity index (χ0v) is 16.9. The van der Waals surface area contributed by atoms with Crippen molar-refractivity contribution in [1.29, 1.82) is 0 Å². The first-order chi connectivity index (χ1) is 14.2. The van der Waals surface area contributed by atoms with E-state index in [-0.39, 0.29) is 0 Å². The molecule has 0 amide bonds. The van der Waals surface area contributed by atoms with Crippen LogP contribution < -0.4 is 10.1 Å². The van der Waals surface area contributed by atoms with Crippen LogP contribution in [-0.4, -0.2) is 26.3 Å². The molecule has 0 bridgehead atoms. The van der Waals surface area contributed by atoms with Gasteiger partial charge in [-0.3, -0.25) is 4.68 Å². The summed E-state index contributed by atoms with van der Waals surface area (Å²) in [5.41, 5.74) is 4.06. The van der Waals surface area contributed by atoms with Gasteiger partial charge in [-0.25, -0.2) is 9.97 Å². The Hall–Kier alpha value is -2.96. The molecule has 0 aliphatic carbocycles. The Morgan fingerprint density at radius 3 is 2.83 bits per heavy atom. The van der Waals surface area contributed by atoms with E-state index in [1.54, 1.807) is 11.0 Å². The van der Waals surface area contributed by atoms with Gasteiger partial charge in [-0.05, 0) is 31.2 Å². The smallest absolute Gasteiger partial charge is 0.218 e. The molecule has 2 aromatic heterocycles. The highest BCUT2D eigenvalue weighted by Gasteiger charge is 2.10. The summed E-state index contributed by atoms with van der Waals surface area (Å²) in [6.07, 6.45) is 3.25. The molecule has 0 fully saturated rings. The van der Waals surface area contributed by atoms with Gasteiger partial charge in [0.05, 0.1) is 12.1 Å². The van der Waals surface area contributed by atoms with E-state index in [4.69, 9.17) is 21.3 Å². The number of nitrogens with one attached hydrogen (secondary N) is 1. The van der Waals surface area contributed by atoms with Gasteiger partial charge >= 0.3 is 0 Å². The fourth-order valence-corrected chi connectivity index (χ4v) is 3.29. The van der Waals surface area contributed by atoms with Crippen LogP contribution in [0, 0.1) is 6.92 Å². The van der Waals surface area contributed by atoms with Crippen molar-refractivity contribution in [2.45, 2.75) is 26.6 Å². The molecular weight excluding hydrogens is 386 g/mol. The highest BCUT2D eigenvalue weighted by atomic mass is 35.5. The number of pyridine rings is 1. The van der Waals surface area contributed by atoms with Crippen molar-refractivity contribution in [2.24, 2.45) is 0 Å². The molecule has 4 aromatic rings. The summed E-state index contributed by atoms with van der Waals surface area (Å²) in [4.78, 5) is 8.72. The third-order valence-electron chi connectivity index (χ3n) is 4.63. The van der Waals surface area contributed by atoms with E-state index in [1.807, 2.05) is 30.3 Å². The van der Waals surface area contributed by atoms with Gasteiger partial charge in [-0.2, -0.15) is 5.10 Å². The summed E-state index contributed by atoms with van der Waals surface area (Å²) in [5, 5.41) is 9.34. The summed E-state index contributed by atoms with van der Waals surface area (Å²) in [6.45, 7) is 4.60. The van der Waals surface area contributed by atoms with Gasteiger partial charge in [0.15, 0.2) is 0 Å². The Labute approximate surface area is 174 Å². The fourth-order valence-electron chi connectivity index (χ4n) is 3.10. The molecule has 0 aliphatic rings. The summed E-state index contributed by atoms with van der Waals surface area (Å²) in [5.74, 6) is 0.620. The van der Waals surface area contributed by atoms with Gasteiger partial charge in [-0.1, -0.05) is 41.4 Å². The maximum Gasteiger partial charge on any atom is 0.218 e. The number of hydrogen-bond acceptors (Lipinski definition) is 5. The molecule has 0 unspecified atom stereocenters. The maximum absolute atomic E-state index is 6.27. The van der Waals surface area contributed by atoms with Crippen LogP contribution in [-0.2, 0) is 19.7 Å². The lowest BCUT2D eigenvalue weighted by atomic mass is 10.1. The quantitative estimate of drug-likeness (QED) is 0.444. The van der Waals surface area contributed by atoms with Crippen molar-refractivity contribution in [3.63, 3.8) is 0 Å². The van der Waals surface area contributed by atoms with Gasteiger partial charge in [0, 0.05) is 34.6 Å². The first-order valence-corrected chi connectivity index (χ1v) is 9.86. The van der Waals surface area contributed by atoms with Crippen molar-refractivity contribution in [3.8, 4) is 5.88 Å². The number of ether oxygens (including phenoxy) is 1. The summed E-state index contributed by atoms with van der Waals surface area (Å²) >= 11 is 6.27. The molecule has 0 spiro atoms. The monoisotopic (exact) mass is 407 g/mol. The molecular formula is C22H22ClN5O. The molecule has 2 aromatic carbocycles. The first kappa shape index (κ1) is 19.4. The molecule has 0 saturated carbocycles. The predicted octanol–water partition coefficient (Wildman–Crippen LogP) is 4.16. The third-order valence-corrected chi connectivity index (χ3v) is 5.00. The Morgan fingerprint density at radius 2 is 2.00 bits per heavy atom. The molecule has 4 rings (SSSR count). The van der Waals surface area contributed by atoms with Crippen molar-refractivity contribution in [3.05, 3.63) is 82.9 Å². The zero-order chi connectivity index (χ0) is 20.1. The van der Waals surface area contributed by atoms with E-state index in [2.05, 4.69) is 40.5 Å². The molecule has 7 heteroatoms. The summed E-state index contributed by atoms with van der Waals surface area (Å²) < 4.78 is 7.88. The standard InChI is InChI=1S/C22H22ClN5O/c1-16-6-7-21-18(10-16)11-19(12-24-8-9-28-15-25-14-26-28)22(27-21)29-13-17-4-2-3-5-20(17)23/h2-7,10-11,14-15,24H,8-9,12-13H2,1H3. The number of rotatable bonds is 8. The second-order valence-corrected chi connectivity index (χ2v) is 7.27. The van der Waals surface area contributed by atoms with Gasteiger partial charge in [0.25, 0.3) is 0 Å². The fraction of sp³-hybridized carbons (Fsp3) is 0.227. The third kappa shape index (κ3) is 4.91. The van der Waals surface area contributed by atoms with Crippen molar-refractivity contribution in [1.82, 2.24) is 25.1 Å². The Bertz CT molecular complexity index is 1100. The number of nitrogens with zero attached hydrogens (tertiary/aromatic N) is 4. The number of halogens is 1. The Morgan fingerprint density at radius 1 is 1.10 bits per heavy atom.